The van der Waals surface area contributed by atoms with Crippen molar-refractivity contribution in [3.8, 4) is 0 Å². The SMILES string of the molecule is B[C@@H]1O[C@@]2(CI)CCNCC1C2O. The molecule has 0 amide bonds. The number of rotatable bonds is 1. The van der Waals surface area contributed by atoms with Gasteiger partial charge in [0.25, 0.3) is 0 Å². The summed E-state index contributed by atoms with van der Waals surface area (Å²) in [7, 11) is 2.06. The van der Waals surface area contributed by atoms with Crippen molar-refractivity contribution < 1.29 is 9.84 Å². The molecule has 0 saturated carbocycles. The summed E-state index contributed by atoms with van der Waals surface area (Å²) in [5.74, 6) is 0.275. The summed E-state index contributed by atoms with van der Waals surface area (Å²) in [5, 5.41) is 13.5. The molecule has 2 saturated heterocycles. The first-order valence-electron chi connectivity index (χ1n) is 4.82. The number of fused-ring (bicyclic) bond motifs is 2. The van der Waals surface area contributed by atoms with Crippen LogP contribution in [-0.2, 0) is 4.74 Å². The summed E-state index contributed by atoms with van der Waals surface area (Å²) in [6.45, 7) is 1.85. The van der Waals surface area contributed by atoms with Crippen molar-refractivity contribution in [1.29, 1.82) is 0 Å². The third kappa shape index (κ3) is 1.54. The molecular formula is C8H15BINO2. The van der Waals surface area contributed by atoms with E-state index in [4.69, 9.17) is 4.74 Å². The summed E-state index contributed by atoms with van der Waals surface area (Å²) < 4.78 is 6.80. The van der Waals surface area contributed by atoms with Crippen molar-refractivity contribution in [3.63, 3.8) is 0 Å². The first kappa shape index (κ1) is 10.2. The second-order valence-corrected chi connectivity index (χ2v) is 4.85. The smallest absolute Gasteiger partial charge is 0.139 e. The molecule has 2 aliphatic heterocycles. The monoisotopic (exact) mass is 295 g/mol. The summed E-state index contributed by atoms with van der Waals surface area (Å²) in [5.41, 5.74) is -0.270. The molecule has 4 atom stereocenters. The van der Waals surface area contributed by atoms with Gasteiger partial charge in [-0.3, -0.25) is 0 Å². The number of aliphatic hydroxyl groups excluding tert-OH is 1. The zero-order chi connectivity index (χ0) is 9.47. The minimum absolute atomic E-state index is 0.192. The number of aliphatic hydroxyl groups is 1. The Morgan fingerprint density at radius 1 is 1.69 bits per heavy atom. The Balaban J connectivity index is 2.24. The molecule has 0 spiro atoms. The van der Waals surface area contributed by atoms with E-state index in [0.29, 0.717) is 0 Å². The molecule has 5 heteroatoms. The molecule has 2 bridgehead atoms. The predicted molar refractivity (Wildman–Crippen MR) is 62.0 cm³/mol. The van der Waals surface area contributed by atoms with E-state index in [2.05, 4.69) is 35.8 Å². The van der Waals surface area contributed by atoms with Gasteiger partial charge in [0.2, 0.25) is 0 Å². The molecule has 0 aromatic carbocycles. The lowest BCUT2D eigenvalue weighted by atomic mass is 9.82. The number of nitrogens with one attached hydrogen (secondary N) is 1. The molecule has 2 unspecified atom stereocenters. The zero-order valence-electron chi connectivity index (χ0n) is 7.79. The number of hydrogen-bond donors (Lipinski definition) is 2. The average Bonchev–Trinajstić information content (AvgIpc) is 2.26. The van der Waals surface area contributed by atoms with Gasteiger partial charge in [0, 0.05) is 22.9 Å². The lowest BCUT2D eigenvalue weighted by molar-refractivity contribution is -0.0501. The van der Waals surface area contributed by atoms with Crippen LogP contribution in [0.2, 0.25) is 0 Å². The second-order valence-electron chi connectivity index (χ2n) is 4.08. The van der Waals surface area contributed by atoms with E-state index >= 15 is 0 Å². The molecule has 2 rings (SSSR count). The van der Waals surface area contributed by atoms with Crippen LogP contribution in [0.1, 0.15) is 6.42 Å². The van der Waals surface area contributed by atoms with Crippen molar-refractivity contribution in [2.24, 2.45) is 5.92 Å². The molecule has 2 heterocycles. The highest BCUT2D eigenvalue weighted by molar-refractivity contribution is 14.1. The molecular weight excluding hydrogens is 280 g/mol. The van der Waals surface area contributed by atoms with Crippen LogP contribution in [0.3, 0.4) is 0 Å². The second kappa shape index (κ2) is 3.68. The van der Waals surface area contributed by atoms with E-state index in [1.54, 1.807) is 0 Å². The number of ether oxygens (including phenoxy) is 1. The van der Waals surface area contributed by atoms with E-state index in [-0.39, 0.29) is 23.6 Å². The average molecular weight is 295 g/mol. The molecule has 0 aromatic heterocycles. The van der Waals surface area contributed by atoms with Gasteiger partial charge in [0.05, 0.1) is 6.10 Å². The standard InChI is InChI=1S/C8H15BINO2/c9-7-5-3-11-2-1-8(4-10,13-7)6(5)12/h5-7,11-12H,1-4,9H2/t5?,6?,7-,8-/m1/s1. The van der Waals surface area contributed by atoms with Crippen molar-refractivity contribution in [2.45, 2.75) is 24.1 Å². The predicted octanol–water partition coefficient (Wildman–Crippen LogP) is -0.880. The third-order valence-corrected chi connectivity index (χ3v) is 4.59. The first-order valence-corrected chi connectivity index (χ1v) is 6.35. The highest BCUT2D eigenvalue weighted by Gasteiger charge is 2.52. The Morgan fingerprint density at radius 3 is 3.15 bits per heavy atom. The van der Waals surface area contributed by atoms with Gasteiger partial charge in [-0.25, -0.2) is 0 Å². The minimum Gasteiger partial charge on any atom is -0.390 e. The van der Waals surface area contributed by atoms with Crippen LogP contribution in [-0.4, -0.2) is 48.2 Å². The maximum atomic E-state index is 10.1. The summed E-state index contributed by atoms with van der Waals surface area (Å²) in [4.78, 5) is 0. The molecule has 2 aliphatic rings. The van der Waals surface area contributed by atoms with Crippen molar-refractivity contribution in [1.82, 2.24) is 5.32 Å². The third-order valence-electron chi connectivity index (χ3n) is 3.30. The lowest BCUT2D eigenvalue weighted by Gasteiger charge is -2.29. The lowest BCUT2D eigenvalue weighted by Crippen LogP contribution is -2.43. The van der Waals surface area contributed by atoms with Crippen molar-refractivity contribution >= 4 is 30.4 Å². The Kier molecular flexibility index (Phi) is 2.89. The molecule has 0 aromatic rings. The molecule has 0 aliphatic carbocycles. The fourth-order valence-electron chi connectivity index (χ4n) is 2.40. The Hall–Kier alpha value is 0.675. The zero-order valence-corrected chi connectivity index (χ0v) is 9.95. The van der Waals surface area contributed by atoms with Crippen LogP contribution >= 0.6 is 22.6 Å². The Morgan fingerprint density at radius 2 is 2.46 bits per heavy atom. The normalized spacial score (nSPS) is 50.5. The number of hydrogen-bond acceptors (Lipinski definition) is 3. The molecule has 2 N–H and O–H groups in total. The molecule has 13 heavy (non-hydrogen) atoms. The van der Waals surface area contributed by atoms with Crippen LogP contribution in [0.5, 0.6) is 0 Å². The maximum Gasteiger partial charge on any atom is 0.139 e. The van der Waals surface area contributed by atoms with Crippen molar-refractivity contribution in [3.05, 3.63) is 0 Å². The fraction of sp³-hybridized carbons (Fsp3) is 1.00. The molecule has 0 radical (unpaired) electrons. The van der Waals surface area contributed by atoms with Crippen molar-refractivity contribution in [2.75, 3.05) is 17.5 Å². The van der Waals surface area contributed by atoms with Gasteiger partial charge >= 0.3 is 0 Å². The Bertz CT molecular complexity index is 207. The molecule has 3 nitrogen and oxygen atoms in total. The molecule has 2 fully saturated rings. The quantitative estimate of drug-likeness (QED) is 0.375. The number of alkyl halides is 1. The summed E-state index contributed by atoms with van der Waals surface area (Å²) in [6.07, 6.45) is 0.646. The van der Waals surface area contributed by atoms with Crippen LogP contribution in [0.25, 0.3) is 0 Å². The van der Waals surface area contributed by atoms with Crippen LogP contribution in [0.15, 0.2) is 0 Å². The van der Waals surface area contributed by atoms with E-state index in [0.717, 1.165) is 23.9 Å². The van der Waals surface area contributed by atoms with E-state index < -0.39 is 0 Å². The minimum atomic E-state index is -0.283. The fourth-order valence-corrected chi connectivity index (χ4v) is 3.42. The first-order chi connectivity index (χ1) is 6.19. The topological polar surface area (TPSA) is 41.5 Å². The van der Waals surface area contributed by atoms with Gasteiger partial charge in [-0.2, -0.15) is 0 Å². The highest BCUT2D eigenvalue weighted by atomic mass is 127. The van der Waals surface area contributed by atoms with Crippen LogP contribution in [0.4, 0.5) is 0 Å². The van der Waals surface area contributed by atoms with Gasteiger partial charge in [-0.05, 0) is 13.0 Å². The Labute approximate surface area is 93.2 Å². The van der Waals surface area contributed by atoms with E-state index in [1.165, 1.54) is 0 Å². The summed E-state index contributed by atoms with van der Waals surface area (Å²) in [6, 6.07) is 0.192. The van der Waals surface area contributed by atoms with Gasteiger partial charge in [-0.1, -0.05) is 22.6 Å². The van der Waals surface area contributed by atoms with E-state index in [1.807, 2.05) is 0 Å². The number of halogens is 1. The van der Waals surface area contributed by atoms with Gasteiger partial charge in [0.15, 0.2) is 0 Å². The van der Waals surface area contributed by atoms with Gasteiger partial charge in [-0.15, -0.1) is 0 Å². The van der Waals surface area contributed by atoms with Gasteiger partial charge in [0.1, 0.15) is 13.4 Å². The van der Waals surface area contributed by atoms with Crippen LogP contribution in [0, 0.1) is 5.92 Å². The highest BCUT2D eigenvalue weighted by Crippen LogP contribution is 2.39. The molecule has 74 valence electrons. The van der Waals surface area contributed by atoms with Gasteiger partial charge < -0.3 is 15.2 Å². The summed E-state index contributed by atoms with van der Waals surface area (Å²) >= 11 is 2.32. The van der Waals surface area contributed by atoms with E-state index in [9.17, 15) is 5.11 Å². The largest absolute Gasteiger partial charge is 0.390 e. The van der Waals surface area contributed by atoms with Crippen LogP contribution < -0.4 is 5.32 Å². The maximum absolute atomic E-state index is 10.1.